The number of benzene rings is 3. The molecular weight excluding hydrogens is 444 g/mol. The molecule has 168 valence electrons. The van der Waals surface area contributed by atoms with Gasteiger partial charge in [0.2, 0.25) is 5.91 Å². The molecule has 4 aromatic rings. The molecule has 0 aliphatic carbocycles. The van der Waals surface area contributed by atoms with Gasteiger partial charge in [-0.15, -0.1) is 0 Å². The molecule has 0 unspecified atom stereocenters. The van der Waals surface area contributed by atoms with Crippen molar-refractivity contribution in [1.82, 2.24) is 9.47 Å². The lowest BCUT2D eigenvalue weighted by Crippen LogP contribution is -2.32. The van der Waals surface area contributed by atoms with Crippen LogP contribution in [-0.4, -0.2) is 43.6 Å². The van der Waals surface area contributed by atoms with Gasteiger partial charge in [-0.25, -0.2) is 0 Å². The molecule has 3 aromatic carbocycles. The lowest BCUT2D eigenvalue weighted by atomic mass is 10.1. The first-order valence-electron chi connectivity index (χ1n) is 10.1. The number of rotatable bonds is 5. The zero-order valence-corrected chi connectivity index (χ0v) is 17.3. The molecule has 0 fully saturated rings. The van der Waals surface area contributed by atoms with E-state index in [-0.39, 0.29) is 35.5 Å². The van der Waals surface area contributed by atoms with Gasteiger partial charge in [-0.05, 0) is 24.3 Å². The summed E-state index contributed by atoms with van der Waals surface area (Å²) in [6, 6.07) is 14.2. The van der Waals surface area contributed by atoms with E-state index in [0.717, 1.165) is 4.90 Å². The van der Waals surface area contributed by atoms with E-state index in [2.05, 4.69) is 0 Å². The summed E-state index contributed by atoms with van der Waals surface area (Å²) in [5.74, 6) is -1.44. The van der Waals surface area contributed by atoms with Gasteiger partial charge in [0, 0.05) is 48.0 Å². The smallest absolute Gasteiger partial charge is 0.270 e. The van der Waals surface area contributed by atoms with Crippen LogP contribution in [0, 0.1) is 20.2 Å². The van der Waals surface area contributed by atoms with E-state index in [9.17, 15) is 34.6 Å². The van der Waals surface area contributed by atoms with Crippen LogP contribution in [0.1, 0.15) is 31.9 Å². The molecular formula is C23H14N4O7. The van der Waals surface area contributed by atoms with E-state index in [0.29, 0.717) is 21.8 Å². The number of imide groups is 1. The van der Waals surface area contributed by atoms with Crippen molar-refractivity contribution in [1.29, 1.82) is 0 Å². The Bertz CT molecular complexity index is 1480. The monoisotopic (exact) mass is 458 g/mol. The summed E-state index contributed by atoms with van der Waals surface area (Å²) in [7, 11) is 0. The molecule has 2 heterocycles. The number of aromatic nitrogens is 1. The summed E-state index contributed by atoms with van der Waals surface area (Å²) in [4.78, 5) is 60.8. The average molecular weight is 458 g/mol. The summed E-state index contributed by atoms with van der Waals surface area (Å²) in [5.41, 5.74) is 0.753. The normalized spacial score (nSPS) is 13.0. The van der Waals surface area contributed by atoms with Crippen LogP contribution in [0.4, 0.5) is 11.4 Å². The Morgan fingerprint density at radius 2 is 1.24 bits per heavy atom. The number of nitro groups is 2. The van der Waals surface area contributed by atoms with Crippen molar-refractivity contribution in [2.24, 2.45) is 0 Å². The Morgan fingerprint density at radius 1 is 0.765 bits per heavy atom. The van der Waals surface area contributed by atoms with Crippen molar-refractivity contribution >= 4 is 50.9 Å². The quantitative estimate of drug-likeness (QED) is 0.250. The topological polar surface area (TPSA) is 146 Å². The summed E-state index contributed by atoms with van der Waals surface area (Å²) >= 11 is 0. The molecule has 34 heavy (non-hydrogen) atoms. The second kappa shape index (κ2) is 7.59. The minimum Gasteiger partial charge on any atom is -0.280 e. The maximum absolute atomic E-state index is 13.3. The largest absolute Gasteiger partial charge is 0.280 e. The molecule has 1 aliphatic rings. The van der Waals surface area contributed by atoms with E-state index >= 15 is 0 Å². The second-order valence-electron chi connectivity index (χ2n) is 7.70. The molecule has 11 nitrogen and oxygen atoms in total. The van der Waals surface area contributed by atoms with Crippen LogP contribution in [0.25, 0.3) is 21.8 Å². The van der Waals surface area contributed by atoms with Crippen molar-refractivity contribution in [3.63, 3.8) is 0 Å². The van der Waals surface area contributed by atoms with Crippen molar-refractivity contribution in [3.8, 4) is 0 Å². The number of hydrogen-bond donors (Lipinski definition) is 0. The standard InChI is InChI=1S/C23H14N4O7/c28-21(9-10-24-22(29)15-3-1-2-4-16(15)23(24)30)25-19-7-5-13(26(31)32)11-17(19)18-12-14(27(33)34)6-8-20(18)25/h1-8,11-12H,9-10H2. The minimum atomic E-state index is -0.593. The van der Waals surface area contributed by atoms with Gasteiger partial charge in [0.05, 0.1) is 32.0 Å². The fraction of sp³-hybridized carbons (Fsp3) is 0.0870. The van der Waals surface area contributed by atoms with Crippen LogP contribution in [0.15, 0.2) is 60.7 Å². The predicted molar refractivity (Wildman–Crippen MR) is 120 cm³/mol. The number of non-ortho nitro benzene ring substituents is 2. The summed E-state index contributed by atoms with van der Waals surface area (Å²) in [5, 5.41) is 23.1. The van der Waals surface area contributed by atoms with Crippen LogP contribution in [0.5, 0.6) is 0 Å². The molecule has 1 aromatic heterocycles. The van der Waals surface area contributed by atoms with Crippen LogP contribution < -0.4 is 0 Å². The highest BCUT2D eigenvalue weighted by molar-refractivity contribution is 6.21. The molecule has 0 saturated heterocycles. The van der Waals surface area contributed by atoms with Crippen LogP contribution in [0.3, 0.4) is 0 Å². The highest BCUT2D eigenvalue weighted by Crippen LogP contribution is 2.34. The predicted octanol–water partition coefficient (Wildman–Crippen LogP) is 3.94. The van der Waals surface area contributed by atoms with Crippen molar-refractivity contribution in [2.45, 2.75) is 6.42 Å². The maximum Gasteiger partial charge on any atom is 0.270 e. The molecule has 11 heteroatoms. The van der Waals surface area contributed by atoms with Crippen LogP contribution in [0.2, 0.25) is 0 Å². The Kier molecular flexibility index (Phi) is 4.67. The van der Waals surface area contributed by atoms with Gasteiger partial charge in [0.15, 0.2) is 0 Å². The fourth-order valence-corrected chi connectivity index (χ4v) is 4.26. The van der Waals surface area contributed by atoms with E-state index in [1.54, 1.807) is 24.3 Å². The van der Waals surface area contributed by atoms with Crippen LogP contribution >= 0.6 is 0 Å². The third-order valence-corrected chi connectivity index (χ3v) is 5.83. The Hall–Kier alpha value is -4.93. The number of carbonyl (C=O) groups is 3. The molecule has 0 bridgehead atoms. The Morgan fingerprint density at radius 3 is 1.68 bits per heavy atom. The zero-order chi connectivity index (χ0) is 24.1. The van der Waals surface area contributed by atoms with E-state index in [1.807, 2.05) is 0 Å². The van der Waals surface area contributed by atoms with Crippen molar-refractivity contribution in [2.75, 3.05) is 6.54 Å². The molecule has 0 N–H and O–H groups in total. The van der Waals surface area contributed by atoms with Gasteiger partial charge in [-0.3, -0.25) is 44.1 Å². The van der Waals surface area contributed by atoms with Crippen molar-refractivity contribution < 1.29 is 24.2 Å². The SMILES string of the molecule is O=C1c2ccccc2C(=O)N1CCC(=O)n1c2ccc([N+](=O)[O-])cc2c2cc([N+](=O)[O-])ccc21. The fourth-order valence-electron chi connectivity index (χ4n) is 4.26. The average Bonchev–Trinajstić information content (AvgIpc) is 3.28. The first-order chi connectivity index (χ1) is 16.3. The van der Waals surface area contributed by atoms with Gasteiger partial charge in [0.25, 0.3) is 23.2 Å². The Labute approximate surface area is 190 Å². The first kappa shape index (κ1) is 20.9. The third-order valence-electron chi connectivity index (χ3n) is 5.83. The van der Waals surface area contributed by atoms with Gasteiger partial charge in [0.1, 0.15) is 0 Å². The molecule has 0 atom stereocenters. The second-order valence-corrected chi connectivity index (χ2v) is 7.70. The van der Waals surface area contributed by atoms with E-state index in [4.69, 9.17) is 0 Å². The molecule has 2 amide bonds. The number of nitrogens with zero attached hydrogens (tertiary/aromatic N) is 4. The van der Waals surface area contributed by atoms with Gasteiger partial charge < -0.3 is 0 Å². The molecule has 0 radical (unpaired) electrons. The van der Waals surface area contributed by atoms with E-state index < -0.39 is 27.6 Å². The zero-order valence-electron chi connectivity index (χ0n) is 17.3. The maximum atomic E-state index is 13.3. The summed E-state index contributed by atoms with van der Waals surface area (Å²) in [6.07, 6.45) is -0.210. The van der Waals surface area contributed by atoms with Crippen LogP contribution in [-0.2, 0) is 0 Å². The third kappa shape index (κ3) is 3.10. The highest BCUT2D eigenvalue weighted by Gasteiger charge is 2.35. The van der Waals surface area contributed by atoms with Gasteiger partial charge in [-0.2, -0.15) is 0 Å². The summed E-state index contributed by atoms with van der Waals surface area (Å²) in [6.45, 7) is -0.160. The first-order valence-corrected chi connectivity index (χ1v) is 10.1. The summed E-state index contributed by atoms with van der Waals surface area (Å²) < 4.78 is 1.30. The molecule has 0 saturated carbocycles. The number of fused-ring (bicyclic) bond motifs is 4. The Balaban J connectivity index is 1.54. The molecule has 5 rings (SSSR count). The number of hydrogen-bond acceptors (Lipinski definition) is 7. The van der Waals surface area contributed by atoms with Gasteiger partial charge >= 0.3 is 0 Å². The van der Waals surface area contributed by atoms with E-state index in [1.165, 1.54) is 41.0 Å². The highest BCUT2D eigenvalue weighted by atomic mass is 16.6. The van der Waals surface area contributed by atoms with Gasteiger partial charge in [-0.1, -0.05) is 12.1 Å². The van der Waals surface area contributed by atoms with Crippen molar-refractivity contribution in [3.05, 3.63) is 92.0 Å². The number of amides is 2. The lowest BCUT2D eigenvalue weighted by Gasteiger charge is -2.14. The molecule has 0 spiro atoms. The number of nitro benzene ring substituents is 2. The molecule has 1 aliphatic heterocycles. The minimum absolute atomic E-state index is 0.160. The number of carbonyl (C=O) groups excluding carboxylic acids is 3. The lowest BCUT2D eigenvalue weighted by molar-refractivity contribution is -0.385.